The lowest BCUT2D eigenvalue weighted by molar-refractivity contribution is 0.511. The maximum absolute atomic E-state index is 6.74. The van der Waals surface area contributed by atoms with Gasteiger partial charge in [0.2, 0.25) is 0 Å². The molecule has 0 unspecified atom stereocenters. The van der Waals surface area contributed by atoms with Gasteiger partial charge in [-0.05, 0) is 46.8 Å². The summed E-state index contributed by atoms with van der Waals surface area (Å²) in [5.74, 6) is 0. The van der Waals surface area contributed by atoms with Gasteiger partial charge in [0.15, 0.2) is 17.4 Å². The standard InChI is InChI=1S/C19H36OSi2/c1-15(2)22(16(3)4,20-21(8)9)14-17-10-12-18(13-11-17)19(5,6)7/h10-13,15-16,21H,14H2,1-9H3. The molecule has 0 amide bonds. The van der Waals surface area contributed by atoms with E-state index in [-0.39, 0.29) is 5.41 Å². The minimum absolute atomic E-state index is 0.227. The lowest BCUT2D eigenvalue weighted by Gasteiger charge is -2.41. The number of rotatable bonds is 6. The van der Waals surface area contributed by atoms with Crippen molar-refractivity contribution in [3.05, 3.63) is 35.4 Å². The first kappa shape index (κ1) is 19.7. The normalized spacial score (nSPS) is 13.5. The third kappa shape index (κ3) is 4.80. The SMILES string of the molecule is CC(C)[Si](Cc1ccc(C(C)(C)C)cc1)(O[SiH](C)C)C(C)C. The summed E-state index contributed by atoms with van der Waals surface area (Å²) in [6.07, 6.45) is 0. The van der Waals surface area contributed by atoms with Gasteiger partial charge in [-0.1, -0.05) is 72.7 Å². The van der Waals surface area contributed by atoms with Crippen molar-refractivity contribution >= 4 is 17.4 Å². The first-order valence-electron chi connectivity index (χ1n) is 8.76. The van der Waals surface area contributed by atoms with Crippen molar-refractivity contribution in [1.29, 1.82) is 0 Å². The molecule has 0 N–H and O–H groups in total. The maximum atomic E-state index is 6.74. The molecular formula is C19H36OSi2. The Labute approximate surface area is 141 Å². The Kier molecular flexibility index (Phi) is 6.66. The molecule has 0 spiro atoms. The Morgan fingerprint density at radius 2 is 1.41 bits per heavy atom. The Bertz CT molecular complexity index is 447. The van der Waals surface area contributed by atoms with Crippen LogP contribution in [0.25, 0.3) is 0 Å². The molecule has 0 atom stereocenters. The van der Waals surface area contributed by atoms with E-state index in [1.54, 1.807) is 0 Å². The summed E-state index contributed by atoms with van der Waals surface area (Å²) in [6.45, 7) is 20.9. The van der Waals surface area contributed by atoms with E-state index in [1.165, 1.54) is 11.1 Å². The minimum Gasteiger partial charge on any atom is -0.457 e. The second-order valence-electron chi connectivity index (χ2n) is 8.55. The summed E-state index contributed by atoms with van der Waals surface area (Å²) in [4.78, 5) is 0. The summed E-state index contributed by atoms with van der Waals surface area (Å²) in [6, 6.07) is 10.4. The van der Waals surface area contributed by atoms with Crippen LogP contribution in [0.15, 0.2) is 24.3 Å². The van der Waals surface area contributed by atoms with Crippen LogP contribution in [-0.2, 0) is 15.6 Å². The molecular weight excluding hydrogens is 300 g/mol. The van der Waals surface area contributed by atoms with Crippen molar-refractivity contribution in [3.8, 4) is 0 Å². The molecule has 0 radical (unpaired) electrons. The lowest BCUT2D eigenvalue weighted by Crippen LogP contribution is -2.50. The molecule has 1 aromatic rings. The first-order valence-corrected chi connectivity index (χ1v) is 13.8. The Hall–Kier alpha value is -0.386. The van der Waals surface area contributed by atoms with Gasteiger partial charge >= 0.3 is 0 Å². The van der Waals surface area contributed by atoms with Crippen molar-refractivity contribution in [1.82, 2.24) is 0 Å². The van der Waals surface area contributed by atoms with E-state index in [2.05, 4.69) is 85.8 Å². The van der Waals surface area contributed by atoms with Crippen molar-refractivity contribution in [2.24, 2.45) is 0 Å². The largest absolute Gasteiger partial charge is 0.457 e. The van der Waals surface area contributed by atoms with Gasteiger partial charge < -0.3 is 4.12 Å². The van der Waals surface area contributed by atoms with Gasteiger partial charge in [-0.3, -0.25) is 0 Å². The van der Waals surface area contributed by atoms with Crippen LogP contribution >= 0.6 is 0 Å². The molecule has 0 aliphatic rings. The Balaban J connectivity index is 3.09. The fourth-order valence-corrected chi connectivity index (χ4v) is 12.3. The molecule has 0 heterocycles. The average molecular weight is 337 g/mol. The summed E-state index contributed by atoms with van der Waals surface area (Å²) in [7, 11) is -2.78. The second kappa shape index (κ2) is 7.46. The summed E-state index contributed by atoms with van der Waals surface area (Å²) in [5, 5.41) is 0. The fraction of sp³-hybridized carbons (Fsp3) is 0.684. The maximum Gasteiger partial charge on any atom is 0.189 e. The predicted octanol–water partition coefficient (Wildman–Crippen LogP) is 5.83. The lowest BCUT2D eigenvalue weighted by atomic mass is 9.87. The zero-order valence-corrected chi connectivity index (χ0v) is 18.3. The topological polar surface area (TPSA) is 9.23 Å². The van der Waals surface area contributed by atoms with Crippen molar-refractivity contribution < 1.29 is 4.12 Å². The zero-order valence-electron chi connectivity index (χ0n) is 16.2. The van der Waals surface area contributed by atoms with Crippen LogP contribution in [0, 0.1) is 0 Å². The molecule has 0 aliphatic carbocycles. The van der Waals surface area contributed by atoms with Gasteiger partial charge in [-0.25, -0.2) is 0 Å². The zero-order chi connectivity index (χ0) is 17.1. The smallest absolute Gasteiger partial charge is 0.189 e. The van der Waals surface area contributed by atoms with E-state index < -0.39 is 17.4 Å². The molecule has 1 aromatic carbocycles. The monoisotopic (exact) mass is 336 g/mol. The second-order valence-corrected chi connectivity index (χ2v) is 16.2. The van der Waals surface area contributed by atoms with E-state index >= 15 is 0 Å². The molecule has 0 bridgehead atoms. The molecule has 3 heteroatoms. The van der Waals surface area contributed by atoms with E-state index in [1.807, 2.05) is 0 Å². The predicted molar refractivity (Wildman–Crippen MR) is 105 cm³/mol. The molecule has 1 rings (SSSR count). The third-order valence-corrected chi connectivity index (χ3v) is 13.2. The van der Waals surface area contributed by atoms with Gasteiger partial charge in [0.1, 0.15) is 0 Å². The van der Waals surface area contributed by atoms with Gasteiger partial charge in [-0.2, -0.15) is 0 Å². The Morgan fingerprint density at radius 3 is 1.73 bits per heavy atom. The third-order valence-electron chi connectivity index (χ3n) is 4.71. The number of hydrogen-bond acceptors (Lipinski definition) is 1. The summed E-state index contributed by atoms with van der Waals surface area (Å²) in [5.41, 5.74) is 4.41. The van der Waals surface area contributed by atoms with Crippen molar-refractivity contribution in [2.75, 3.05) is 0 Å². The average Bonchev–Trinajstić information content (AvgIpc) is 2.36. The molecule has 126 valence electrons. The highest BCUT2D eigenvalue weighted by atomic mass is 28.4. The van der Waals surface area contributed by atoms with Crippen LogP contribution < -0.4 is 0 Å². The van der Waals surface area contributed by atoms with Gasteiger partial charge in [0.05, 0.1) is 0 Å². The van der Waals surface area contributed by atoms with E-state index in [0.29, 0.717) is 11.1 Å². The molecule has 0 aliphatic heterocycles. The highest BCUT2D eigenvalue weighted by Crippen LogP contribution is 2.37. The van der Waals surface area contributed by atoms with Crippen LogP contribution in [0.3, 0.4) is 0 Å². The number of benzene rings is 1. The molecule has 0 aromatic heterocycles. The number of hydrogen-bond donors (Lipinski definition) is 0. The van der Waals surface area contributed by atoms with Crippen LogP contribution in [0.2, 0.25) is 24.2 Å². The highest BCUT2D eigenvalue weighted by Gasteiger charge is 2.42. The van der Waals surface area contributed by atoms with E-state index in [0.717, 1.165) is 6.04 Å². The molecule has 0 saturated carbocycles. The first-order chi connectivity index (χ1) is 9.99. The van der Waals surface area contributed by atoms with Crippen molar-refractivity contribution in [3.63, 3.8) is 0 Å². The van der Waals surface area contributed by atoms with Gasteiger partial charge in [-0.15, -0.1) is 0 Å². The van der Waals surface area contributed by atoms with E-state index in [9.17, 15) is 0 Å². The molecule has 0 saturated heterocycles. The van der Waals surface area contributed by atoms with Crippen LogP contribution in [-0.4, -0.2) is 17.4 Å². The van der Waals surface area contributed by atoms with Crippen molar-refractivity contribution in [2.45, 2.75) is 84.1 Å². The molecule has 1 nitrogen and oxygen atoms in total. The highest BCUT2D eigenvalue weighted by molar-refractivity contribution is 6.81. The molecule has 22 heavy (non-hydrogen) atoms. The Morgan fingerprint density at radius 1 is 0.955 bits per heavy atom. The van der Waals surface area contributed by atoms with Gasteiger partial charge in [0.25, 0.3) is 0 Å². The summed E-state index contributed by atoms with van der Waals surface area (Å²) >= 11 is 0. The summed E-state index contributed by atoms with van der Waals surface area (Å²) < 4.78 is 6.74. The van der Waals surface area contributed by atoms with Crippen LogP contribution in [0.1, 0.15) is 59.6 Å². The van der Waals surface area contributed by atoms with Gasteiger partial charge in [0, 0.05) is 0 Å². The van der Waals surface area contributed by atoms with Crippen LogP contribution in [0.5, 0.6) is 0 Å². The van der Waals surface area contributed by atoms with E-state index in [4.69, 9.17) is 4.12 Å². The molecule has 0 fully saturated rings. The minimum atomic E-state index is -1.76. The quantitative estimate of drug-likeness (QED) is 0.594. The van der Waals surface area contributed by atoms with Crippen LogP contribution in [0.4, 0.5) is 0 Å². The fourth-order valence-electron chi connectivity index (χ4n) is 3.27.